The molecule has 14 heavy (non-hydrogen) atoms. The van der Waals surface area contributed by atoms with Gasteiger partial charge in [-0.2, -0.15) is 0 Å². The summed E-state index contributed by atoms with van der Waals surface area (Å²) in [6, 6.07) is 0. The molecule has 5 heteroatoms. The molecule has 1 N–H and O–H groups in total. The van der Waals surface area contributed by atoms with Crippen molar-refractivity contribution >= 4 is 15.8 Å². The smallest absolute Gasteiger partial charge is 0.303 e. The van der Waals surface area contributed by atoms with Crippen LogP contribution >= 0.6 is 0 Å². The maximum atomic E-state index is 11.6. The highest BCUT2D eigenvalue weighted by atomic mass is 32.2. The second-order valence-electron chi connectivity index (χ2n) is 3.98. The predicted molar refractivity (Wildman–Crippen MR) is 52.8 cm³/mol. The highest BCUT2D eigenvalue weighted by Gasteiger charge is 2.33. The normalized spacial score (nSPS) is 28.2. The zero-order valence-corrected chi connectivity index (χ0v) is 9.09. The molecule has 0 amide bonds. The van der Waals surface area contributed by atoms with Crippen LogP contribution in [0.1, 0.15) is 32.6 Å². The quantitative estimate of drug-likeness (QED) is 0.772. The van der Waals surface area contributed by atoms with Crippen molar-refractivity contribution in [1.29, 1.82) is 0 Å². The predicted octanol–water partition coefficient (Wildman–Crippen LogP) is 1.06. The Hall–Kier alpha value is -0.580. The Balaban J connectivity index is 2.69. The summed E-state index contributed by atoms with van der Waals surface area (Å²) in [6.45, 7) is 1.71. The van der Waals surface area contributed by atoms with Crippen LogP contribution in [0.25, 0.3) is 0 Å². The van der Waals surface area contributed by atoms with E-state index in [4.69, 9.17) is 5.11 Å². The Morgan fingerprint density at radius 3 is 2.64 bits per heavy atom. The largest absolute Gasteiger partial charge is 0.481 e. The van der Waals surface area contributed by atoms with Gasteiger partial charge in [0.1, 0.15) is 0 Å². The minimum absolute atomic E-state index is 0.0517. The van der Waals surface area contributed by atoms with Gasteiger partial charge in [0.25, 0.3) is 0 Å². The molecule has 0 aliphatic carbocycles. The first kappa shape index (κ1) is 11.5. The van der Waals surface area contributed by atoms with Crippen LogP contribution in [-0.4, -0.2) is 30.5 Å². The highest BCUT2D eigenvalue weighted by molar-refractivity contribution is 7.92. The number of carboxylic acid groups (broad SMARTS) is 1. The molecule has 1 aliphatic heterocycles. The van der Waals surface area contributed by atoms with Gasteiger partial charge in [0, 0.05) is 6.42 Å². The molecule has 1 rings (SSSR count). The van der Waals surface area contributed by atoms with Gasteiger partial charge in [0.2, 0.25) is 0 Å². The fourth-order valence-corrected chi connectivity index (χ4v) is 4.26. The maximum absolute atomic E-state index is 11.6. The molecule has 0 aromatic heterocycles. The Kier molecular flexibility index (Phi) is 3.53. The van der Waals surface area contributed by atoms with E-state index in [0.717, 1.165) is 12.8 Å². The minimum atomic E-state index is -3.03. The molecule has 0 radical (unpaired) electrons. The summed E-state index contributed by atoms with van der Waals surface area (Å²) < 4.78 is 23.2. The summed E-state index contributed by atoms with van der Waals surface area (Å²) in [5, 5.41) is 8.15. The van der Waals surface area contributed by atoms with Crippen molar-refractivity contribution in [3.8, 4) is 0 Å². The molecular formula is C9H16O4S. The first-order valence-corrected chi connectivity index (χ1v) is 6.58. The van der Waals surface area contributed by atoms with Gasteiger partial charge < -0.3 is 5.11 Å². The standard InChI is InChI=1S/C9H16O4S/c1-7(6-9(10)11)8-4-2-3-5-14(8,12)13/h7-8H,2-6H2,1H3,(H,10,11). The average Bonchev–Trinajstić information content (AvgIpc) is 2.01. The number of carbonyl (C=O) groups is 1. The van der Waals surface area contributed by atoms with Crippen molar-refractivity contribution in [3.05, 3.63) is 0 Å². The molecule has 0 saturated carbocycles. The van der Waals surface area contributed by atoms with Crippen LogP contribution in [-0.2, 0) is 14.6 Å². The van der Waals surface area contributed by atoms with Crippen molar-refractivity contribution < 1.29 is 18.3 Å². The fourth-order valence-electron chi connectivity index (χ4n) is 2.03. The van der Waals surface area contributed by atoms with E-state index in [1.165, 1.54) is 0 Å². The molecule has 1 saturated heterocycles. The Labute approximate surface area is 84.2 Å². The first-order valence-electron chi connectivity index (χ1n) is 4.87. The summed E-state index contributed by atoms with van der Waals surface area (Å²) in [7, 11) is -3.03. The Morgan fingerprint density at radius 2 is 2.14 bits per heavy atom. The molecule has 1 fully saturated rings. The molecule has 1 heterocycles. The van der Waals surface area contributed by atoms with E-state index in [1.807, 2.05) is 0 Å². The molecule has 0 aromatic carbocycles. The van der Waals surface area contributed by atoms with Gasteiger partial charge in [-0.25, -0.2) is 8.42 Å². The van der Waals surface area contributed by atoms with Gasteiger partial charge in [-0.3, -0.25) is 4.79 Å². The first-order chi connectivity index (χ1) is 6.43. The number of aliphatic carboxylic acids is 1. The SMILES string of the molecule is CC(CC(=O)O)C1CCCCS1(=O)=O. The summed E-state index contributed by atoms with van der Waals surface area (Å²) >= 11 is 0. The minimum Gasteiger partial charge on any atom is -0.481 e. The zero-order chi connectivity index (χ0) is 10.8. The molecule has 2 atom stereocenters. The van der Waals surface area contributed by atoms with E-state index in [9.17, 15) is 13.2 Å². The number of sulfone groups is 1. The summed E-state index contributed by atoms with van der Waals surface area (Å²) in [5.74, 6) is -0.960. The zero-order valence-electron chi connectivity index (χ0n) is 8.27. The number of carboxylic acids is 1. The highest BCUT2D eigenvalue weighted by Crippen LogP contribution is 2.27. The van der Waals surface area contributed by atoms with E-state index in [0.29, 0.717) is 6.42 Å². The van der Waals surface area contributed by atoms with Crippen molar-refractivity contribution in [1.82, 2.24) is 0 Å². The van der Waals surface area contributed by atoms with Crippen molar-refractivity contribution in [3.63, 3.8) is 0 Å². The third-order valence-corrected chi connectivity index (χ3v) is 5.24. The fraction of sp³-hybridized carbons (Fsp3) is 0.889. The molecule has 4 nitrogen and oxygen atoms in total. The van der Waals surface area contributed by atoms with Crippen LogP contribution in [0.15, 0.2) is 0 Å². The van der Waals surface area contributed by atoms with Crippen LogP contribution < -0.4 is 0 Å². The summed E-state index contributed by atoms with van der Waals surface area (Å²) in [4.78, 5) is 10.5. The van der Waals surface area contributed by atoms with Crippen LogP contribution in [0.3, 0.4) is 0 Å². The average molecular weight is 220 g/mol. The number of rotatable bonds is 3. The lowest BCUT2D eigenvalue weighted by Crippen LogP contribution is -2.34. The Morgan fingerprint density at radius 1 is 1.50 bits per heavy atom. The van der Waals surface area contributed by atoms with Gasteiger partial charge in [-0.15, -0.1) is 0 Å². The molecule has 0 aromatic rings. The molecule has 1 aliphatic rings. The topological polar surface area (TPSA) is 71.4 Å². The lowest BCUT2D eigenvalue weighted by molar-refractivity contribution is -0.137. The Bertz CT molecular complexity index is 307. The number of hydrogen-bond donors (Lipinski definition) is 1. The second-order valence-corrected chi connectivity index (χ2v) is 6.32. The number of hydrogen-bond acceptors (Lipinski definition) is 3. The third-order valence-electron chi connectivity index (χ3n) is 2.76. The van der Waals surface area contributed by atoms with Crippen LogP contribution in [0.5, 0.6) is 0 Å². The molecule has 82 valence electrons. The van der Waals surface area contributed by atoms with E-state index in [1.54, 1.807) is 6.92 Å². The van der Waals surface area contributed by atoms with Crippen molar-refractivity contribution in [2.45, 2.75) is 37.9 Å². The maximum Gasteiger partial charge on any atom is 0.303 e. The van der Waals surface area contributed by atoms with Gasteiger partial charge in [-0.05, 0) is 18.8 Å². The monoisotopic (exact) mass is 220 g/mol. The van der Waals surface area contributed by atoms with Gasteiger partial charge >= 0.3 is 5.97 Å². The lowest BCUT2D eigenvalue weighted by Gasteiger charge is -2.26. The van der Waals surface area contributed by atoms with E-state index in [-0.39, 0.29) is 18.1 Å². The molecule has 0 bridgehead atoms. The van der Waals surface area contributed by atoms with Crippen LogP contribution in [0, 0.1) is 5.92 Å². The van der Waals surface area contributed by atoms with E-state index in [2.05, 4.69) is 0 Å². The van der Waals surface area contributed by atoms with Crippen LogP contribution in [0.4, 0.5) is 0 Å². The van der Waals surface area contributed by atoms with Crippen LogP contribution in [0.2, 0.25) is 0 Å². The second kappa shape index (κ2) is 4.29. The summed E-state index contributed by atoms with van der Waals surface area (Å²) in [6.07, 6.45) is 2.19. The van der Waals surface area contributed by atoms with Crippen molar-refractivity contribution in [2.75, 3.05) is 5.75 Å². The van der Waals surface area contributed by atoms with E-state index >= 15 is 0 Å². The third kappa shape index (κ3) is 2.70. The van der Waals surface area contributed by atoms with Gasteiger partial charge in [-0.1, -0.05) is 13.3 Å². The van der Waals surface area contributed by atoms with Gasteiger partial charge in [0.05, 0.1) is 11.0 Å². The van der Waals surface area contributed by atoms with Gasteiger partial charge in [0.15, 0.2) is 9.84 Å². The molecular weight excluding hydrogens is 204 g/mol. The van der Waals surface area contributed by atoms with Crippen molar-refractivity contribution in [2.24, 2.45) is 5.92 Å². The molecule has 0 spiro atoms. The summed E-state index contributed by atoms with van der Waals surface area (Å²) in [5.41, 5.74) is 0. The van der Waals surface area contributed by atoms with E-state index < -0.39 is 21.1 Å². The lowest BCUT2D eigenvalue weighted by atomic mass is 9.99. The molecule has 2 unspecified atom stereocenters.